The monoisotopic (exact) mass is 249 g/mol. The van der Waals surface area contributed by atoms with E-state index >= 15 is 0 Å². The van der Waals surface area contributed by atoms with E-state index in [-0.39, 0.29) is 5.60 Å². The van der Waals surface area contributed by atoms with E-state index in [1.54, 1.807) is 12.1 Å². The third kappa shape index (κ3) is 2.92. The second kappa shape index (κ2) is 4.86. The number of aromatic nitrogens is 1. The molecule has 3 N–H and O–H groups in total. The molecule has 0 spiro atoms. The summed E-state index contributed by atoms with van der Waals surface area (Å²) in [5.74, 6) is 0. The Bertz CT molecular complexity index is 534. The van der Waals surface area contributed by atoms with Gasteiger partial charge in [-0.3, -0.25) is 0 Å². The van der Waals surface area contributed by atoms with Crippen LogP contribution in [0, 0.1) is 0 Å². The lowest BCUT2D eigenvalue weighted by Gasteiger charge is -2.24. The number of nitrogens with one attached hydrogen (secondary N) is 1. The second-order valence-corrected chi connectivity index (χ2v) is 4.79. The number of fused-ring (bicyclic) bond motifs is 1. The molecule has 0 radical (unpaired) electrons. The van der Waals surface area contributed by atoms with Crippen LogP contribution in [-0.4, -0.2) is 23.7 Å². The topological polar surface area (TPSA) is 73.3 Å². The van der Waals surface area contributed by atoms with Crippen molar-refractivity contribution in [1.29, 1.82) is 0 Å². The Morgan fingerprint density at radius 3 is 2.94 bits per heavy atom. The van der Waals surface area contributed by atoms with Crippen molar-refractivity contribution >= 4 is 22.8 Å². The van der Waals surface area contributed by atoms with Crippen LogP contribution in [0.2, 0.25) is 0 Å². The molecule has 0 fully saturated rings. The summed E-state index contributed by atoms with van der Waals surface area (Å²) in [5, 5.41) is 3.14. The van der Waals surface area contributed by atoms with Crippen LogP contribution in [0.15, 0.2) is 22.6 Å². The Labute approximate surface area is 106 Å². The van der Waals surface area contributed by atoms with E-state index < -0.39 is 0 Å². The Kier molecular flexibility index (Phi) is 3.43. The van der Waals surface area contributed by atoms with Gasteiger partial charge in [-0.2, -0.15) is 4.98 Å². The van der Waals surface area contributed by atoms with Crippen molar-refractivity contribution < 1.29 is 9.15 Å². The van der Waals surface area contributed by atoms with E-state index in [2.05, 4.69) is 10.3 Å². The predicted molar refractivity (Wildman–Crippen MR) is 72.6 cm³/mol. The standard InChI is InChI=1S/C13H19N3O2/c1-4-17-13(2,3)8-15-12-16-10-7-9(14)5-6-11(10)18-12/h5-7H,4,8,14H2,1-3H3,(H,15,16). The molecule has 0 atom stereocenters. The number of anilines is 2. The van der Waals surface area contributed by atoms with Gasteiger partial charge in [0.1, 0.15) is 5.52 Å². The molecule has 0 bridgehead atoms. The summed E-state index contributed by atoms with van der Waals surface area (Å²) < 4.78 is 11.2. The zero-order valence-electron chi connectivity index (χ0n) is 11.0. The number of hydrogen-bond acceptors (Lipinski definition) is 5. The van der Waals surface area contributed by atoms with E-state index in [9.17, 15) is 0 Å². The van der Waals surface area contributed by atoms with Crippen LogP contribution < -0.4 is 11.1 Å². The molecule has 2 aromatic rings. The molecule has 0 saturated carbocycles. The van der Waals surface area contributed by atoms with Gasteiger partial charge in [-0.25, -0.2) is 0 Å². The molecule has 0 aliphatic carbocycles. The minimum absolute atomic E-state index is 0.256. The van der Waals surface area contributed by atoms with Gasteiger partial charge in [-0.1, -0.05) is 0 Å². The minimum Gasteiger partial charge on any atom is -0.424 e. The summed E-state index contributed by atoms with van der Waals surface area (Å²) in [6, 6.07) is 5.89. The van der Waals surface area contributed by atoms with Crippen molar-refractivity contribution in [2.24, 2.45) is 0 Å². The number of rotatable bonds is 5. The Morgan fingerprint density at radius 2 is 2.22 bits per heavy atom. The van der Waals surface area contributed by atoms with Gasteiger partial charge < -0.3 is 20.2 Å². The van der Waals surface area contributed by atoms with Gasteiger partial charge in [0.25, 0.3) is 6.01 Å². The first-order valence-electron chi connectivity index (χ1n) is 6.04. The Balaban J connectivity index is 2.08. The predicted octanol–water partition coefficient (Wildman–Crippen LogP) is 2.64. The van der Waals surface area contributed by atoms with E-state index in [4.69, 9.17) is 14.9 Å². The highest BCUT2D eigenvalue weighted by molar-refractivity contribution is 5.78. The van der Waals surface area contributed by atoms with Crippen LogP contribution in [0.1, 0.15) is 20.8 Å². The van der Waals surface area contributed by atoms with Crippen molar-refractivity contribution in [3.8, 4) is 0 Å². The highest BCUT2D eigenvalue weighted by Crippen LogP contribution is 2.21. The van der Waals surface area contributed by atoms with Crippen molar-refractivity contribution in [2.45, 2.75) is 26.4 Å². The first-order valence-corrected chi connectivity index (χ1v) is 6.04. The molecule has 0 unspecified atom stereocenters. The van der Waals surface area contributed by atoms with Crippen molar-refractivity contribution in [2.75, 3.05) is 24.2 Å². The largest absolute Gasteiger partial charge is 0.424 e. The van der Waals surface area contributed by atoms with Gasteiger partial charge in [-0.05, 0) is 39.0 Å². The smallest absolute Gasteiger partial charge is 0.295 e. The van der Waals surface area contributed by atoms with Crippen LogP contribution in [0.4, 0.5) is 11.7 Å². The highest BCUT2D eigenvalue weighted by atomic mass is 16.5. The third-order valence-corrected chi connectivity index (χ3v) is 2.61. The fourth-order valence-electron chi connectivity index (χ4n) is 1.75. The minimum atomic E-state index is -0.256. The summed E-state index contributed by atoms with van der Waals surface area (Å²) >= 11 is 0. The van der Waals surface area contributed by atoms with Gasteiger partial charge in [0.15, 0.2) is 5.58 Å². The molecule has 1 heterocycles. The van der Waals surface area contributed by atoms with Gasteiger partial charge in [-0.15, -0.1) is 0 Å². The summed E-state index contributed by atoms with van der Waals surface area (Å²) in [6.45, 7) is 7.32. The maximum absolute atomic E-state index is 5.69. The first kappa shape index (κ1) is 12.7. The average molecular weight is 249 g/mol. The zero-order valence-corrected chi connectivity index (χ0v) is 11.0. The van der Waals surface area contributed by atoms with Gasteiger partial charge >= 0.3 is 0 Å². The van der Waals surface area contributed by atoms with E-state index in [0.29, 0.717) is 24.9 Å². The molecule has 1 aromatic heterocycles. The quantitative estimate of drug-likeness (QED) is 0.797. The van der Waals surface area contributed by atoms with Crippen molar-refractivity contribution in [3.63, 3.8) is 0 Å². The molecule has 98 valence electrons. The Hall–Kier alpha value is -1.75. The normalized spacial score (nSPS) is 11.9. The number of benzene rings is 1. The molecule has 0 aliphatic rings. The zero-order chi connectivity index (χ0) is 13.2. The van der Waals surface area contributed by atoms with E-state index in [1.165, 1.54) is 0 Å². The second-order valence-electron chi connectivity index (χ2n) is 4.79. The summed E-state index contributed by atoms with van der Waals surface area (Å²) in [7, 11) is 0. The molecule has 0 saturated heterocycles. The Morgan fingerprint density at radius 1 is 1.44 bits per heavy atom. The van der Waals surface area contributed by atoms with Crippen LogP contribution in [-0.2, 0) is 4.74 Å². The fraction of sp³-hybridized carbons (Fsp3) is 0.462. The molecule has 5 nitrogen and oxygen atoms in total. The lowest BCUT2D eigenvalue weighted by molar-refractivity contribution is 0.000371. The molecule has 18 heavy (non-hydrogen) atoms. The first-order chi connectivity index (χ1) is 8.50. The van der Waals surface area contributed by atoms with Gasteiger partial charge in [0.05, 0.1) is 5.60 Å². The number of nitrogens with zero attached hydrogens (tertiary/aromatic N) is 1. The molecule has 0 amide bonds. The lowest BCUT2D eigenvalue weighted by Crippen LogP contribution is -2.33. The molecule has 2 rings (SSSR count). The molecule has 0 aliphatic heterocycles. The number of hydrogen-bond donors (Lipinski definition) is 2. The van der Waals surface area contributed by atoms with Crippen LogP contribution in [0.5, 0.6) is 0 Å². The number of oxazole rings is 1. The molecule has 5 heteroatoms. The lowest BCUT2D eigenvalue weighted by atomic mass is 10.1. The van der Waals surface area contributed by atoms with E-state index in [0.717, 1.165) is 11.1 Å². The summed E-state index contributed by atoms with van der Waals surface area (Å²) in [5.41, 5.74) is 7.60. The SMILES string of the molecule is CCOC(C)(C)CNc1nc2cc(N)ccc2o1. The van der Waals surface area contributed by atoms with Crippen molar-refractivity contribution in [3.05, 3.63) is 18.2 Å². The average Bonchev–Trinajstić information content (AvgIpc) is 2.68. The molecular weight excluding hydrogens is 230 g/mol. The maximum Gasteiger partial charge on any atom is 0.295 e. The van der Waals surface area contributed by atoms with E-state index in [1.807, 2.05) is 26.8 Å². The number of nitrogens with two attached hydrogens (primary N) is 1. The van der Waals surface area contributed by atoms with Gasteiger partial charge in [0.2, 0.25) is 0 Å². The summed E-state index contributed by atoms with van der Waals surface area (Å²) in [4.78, 5) is 4.32. The van der Waals surface area contributed by atoms with Gasteiger partial charge in [0, 0.05) is 18.8 Å². The van der Waals surface area contributed by atoms with Crippen LogP contribution >= 0.6 is 0 Å². The molecular formula is C13H19N3O2. The number of ether oxygens (including phenoxy) is 1. The highest BCUT2D eigenvalue weighted by Gasteiger charge is 2.18. The van der Waals surface area contributed by atoms with Crippen LogP contribution in [0.3, 0.4) is 0 Å². The van der Waals surface area contributed by atoms with Crippen LogP contribution in [0.25, 0.3) is 11.1 Å². The number of nitrogen functional groups attached to an aromatic ring is 1. The van der Waals surface area contributed by atoms with Crippen molar-refractivity contribution in [1.82, 2.24) is 4.98 Å². The third-order valence-electron chi connectivity index (χ3n) is 2.61. The maximum atomic E-state index is 5.69. The fourth-order valence-corrected chi connectivity index (χ4v) is 1.75. The summed E-state index contributed by atoms with van der Waals surface area (Å²) in [6.07, 6.45) is 0. The molecule has 1 aromatic carbocycles.